The van der Waals surface area contributed by atoms with E-state index in [9.17, 15) is 40.2 Å². The molecule has 0 radical (unpaired) electrons. The van der Waals surface area contributed by atoms with Crippen LogP contribution in [0.5, 0.6) is 0 Å². The highest BCUT2D eigenvalue weighted by atomic mass is 19.4. The smallest absolute Gasteiger partial charge is 0.385 e. The van der Waals surface area contributed by atoms with Gasteiger partial charge in [-0.1, -0.05) is 0 Å². The van der Waals surface area contributed by atoms with Gasteiger partial charge in [0, 0.05) is 18.4 Å². The van der Waals surface area contributed by atoms with Gasteiger partial charge in [0.1, 0.15) is 18.4 Å². The van der Waals surface area contributed by atoms with Crippen molar-refractivity contribution in [3.63, 3.8) is 0 Å². The number of aliphatic hydroxyl groups is 1. The molecule has 0 aromatic carbocycles. The van der Waals surface area contributed by atoms with Crippen LogP contribution in [0.2, 0.25) is 0 Å². The molecule has 0 saturated heterocycles. The van der Waals surface area contributed by atoms with Gasteiger partial charge in [0.25, 0.3) is 0 Å². The maximum atomic E-state index is 14.0. The first-order valence-electron chi connectivity index (χ1n) is 7.12. The van der Waals surface area contributed by atoms with E-state index in [1.54, 1.807) is 0 Å². The Hall–Kier alpha value is -1.39. The molecular formula is C13H12F8N2O. The zero-order valence-corrected chi connectivity index (χ0v) is 11.8. The Morgan fingerprint density at radius 1 is 0.958 bits per heavy atom. The molecule has 0 bridgehead atoms. The van der Waals surface area contributed by atoms with E-state index in [1.807, 2.05) is 0 Å². The van der Waals surface area contributed by atoms with Gasteiger partial charge in [-0.05, 0) is 0 Å². The average Bonchev–Trinajstić information content (AvgIpc) is 2.98. The Balaban J connectivity index is 2.09. The van der Waals surface area contributed by atoms with Crippen molar-refractivity contribution < 1.29 is 40.2 Å². The summed E-state index contributed by atoms with van der Waals surface area (Å²) in [7, 11) is 0. The predicted octanol–water partition coefficient (Wildman–Crippen LogP) is 3.65. The molecule has 1 aromatic rings. The molecule has 2 aliphatic carbocycles. The third-order valence-corrected chi connectivity index (χ3v) is 4.42. The topological polar surface area (TPSA) is 38.1 Å². The van der Waals surface area contributed by atoms with Gasteiger partial charge in [-0.3, -0.25) is 4.68 Å². The number of fused-ring (bicyclic) bond motifs is 1. The zero-order chi connectivity index (χ0) is 18.0. The highest BCUT2D eigenvalue weighted by Gasteiger charge is 2.53. The van der Waals surface area contributed by atoms with Crippen molar-refractivity contribution in [3.05, 3.63) is 17.0 Å². The van der Waals surface area contributed by atoms with E-state index in [-0.39, 0.29) is 0 Å². The maximum absolute atomic E-state index is 14.0. The van der Waals surface area contributed by atoms with Crippen LogP contribution in [0.3, 0.4) is 0 Å². The number of alkyl halides is 8. The number of aliphatic hydroxyl groups excluding tert-OH is 1. The lowest BCUT2D eigenvalue weighted by molar-refractivity contribution is -0.143. The lowest BCUT2D eigenvalue weighted by Gasteiger charge is -2.31. The summed E-state index contributed by atoms with van der Waals surface area (Å²) in [5.74, 6) is 0. The Kier molecular flexibility index (Phi) is 4.04. The molecule has 7 atom stereocenters. The SMILES string of the molecule is O[C@H]1c2c(C(F)(F)F)nn([C@@H]3C[C@@H](F)[C@@H](F)[C@@H](F)C3)c2[C@H](F)[C@H]1F. The fourth-order valence-electron chi connectivity index (χ4n) is 3.29. The van der Waals surface area contributed by atoms with Gasteiger partial charge in [0.2, 0.25) is 0 Å². The molecule has 1 heterocycles. The summed E-state index contributed by atoms with van der Waals surface area (Å²) >= 11 is 0. The van der Waals surface area contributed by atoms with Crippen molar-refractivity contribution in [2.24, 2.45) is 0 Å². The van der Waals surface area contributed by atoms with Crippen LogP contribution in [0, 0.1) is 0 Å². The van der Waals surface area contributed by atoms with E-state index >= 15 is 0 Å². The number of nitrogens with zero attached hydrogens (tertiary/aromatic N) is 2. The van der Waals surface area contributed by atoms with Crippen molar-refractivity contribution >= 4 is 0 Å². The Labute approximate surface area is 130 Å². The number of hydrogen-bond donors (Lipinski definition) is 1. The van der Waals surface area contributed by atoms with Crippen molar-refractivity contribution in [1.82, 2.24) is 9.78 Å². The molecule has 24 heavy (non-hydrogen) atoms. The quantitative estimate of drug-likeness (QED) is 0.773. The van der Waals surface area contributed by atoms with Crippen LogP contribution in [-0.4, -0.2) is 39.6 Å². The van der Waals surface area contributed by atoms with Crippen LogP contribution in [0.25, 0.3) is 0 Å². The monoisotopic (exact) mass is 364 g/mol. The first kappa shape index (κ1) is 17.4. The molecule has 3 rings (SSSR count). The molecule has 1 fully saturated rings. The van der Waals surface area contributed by atoms with Gasteiger partial charge in [-0.2, -0.15) is 18.3 Å². The van der Waals surface area contributed by atoms with Crippen LogP contribution in [0.15, 0.2) is 0 Å². The molecule has 1 aromatic heterocycles. The summed E-state index contributed by atoms with van der Waals surface area (Å²) in [6.45, 7) is 0. The van der Waals surface area contributed by atoms with E-state index < -0.39 is 79.0 Å². The van der Waals surface area contributed by atoms with E-state index in [2.05, 4.69) is 5.10 Å². The molecule has 0 unspecified atom stereocenters. The first-order valence-corrected chi connectivity index (χ1v) is 7.12. The summed E-state index contributed by atoms with van der Waals surface area (Å²) in [4.78, 5) is 0. The minimum atomic E-state index is -5.12. The molecular weight excluding hydrogens is 352 g/mol. The van der Waals surface area contributed by atoms with Gasteiger partial charge in [-0.15, -0.1) is 0 Å². The summed E-state index contributed by atoms with van der Waals surface area (Å²) in [6.07, 6.45) is -21.3. The fraction of sp³-hybridized carbons (Fsp3) is 0.769. The second-order valence-corrected chi connectivity index (χ2v) is 5.98. The molecule has 2 aliphatic rings. The van der Waals surface area contributed by atoms with E-state index in [0.717, 1.165) is 0 Å². The Morgan fingerprint density at radius 3 is 2.00 bits per heavy atom. The lowest BCUT2D eigenvalue weighted by Crippen LogP contribution is -2.38. The predicted molar refractivity (Wildman–Crippen MR) is 63.9 cm³/mol. The molecule has 0 amide bonds. The fourth-order valence-corrected chi connectivity index (χ4v) is 3.29. The minimum Gasteiger partial charge on any atom is -0.385 e. The minimum absolute atomic E-state index is 0.358. The number of halogens is 8. The molecule has 1 saturated carbocycles. The van der Waals surface area contributed by atoms with E-state index in [4.69, 9.17) is 0 Å². The molecule has 1 N–H and O–H groups in total. The summed E-state index contributed by atoms with van der Waals surface area (Å²) in [6, 6.07) is -1.41. The van der Waals surface area contributed by atoms with Gasteiger partial charge in [-0.25, -0.2) is 22.0 Å². The van der Waals surface area contributed by atoms with Gasteiger partial charge >= 0.3 is 6.18 Å². The third kappa shape index (κ3) is 2.47. The summed E-state index contributed by atoms with van der Waals surface area (Å²) < 4.78 is 107. The largest absolute Gasteiger partial charge is 0.435 e. The molecule has 0 spiro atoms. The summed E-state index contributed by atoms with van der Waals surface area (Å²) in [5, 5.41) is 12.7. The van der Waals surface area contributed by atoms with Crippen LogP contribution in [0.1, 0.15) is 48.1 Å². The molecule has 136 valence electrons. The number of hydrogen-bond acceptors (Lipinski definition) is 2. The maximum Gasteiger partial charge on any atom is 0.435 e. The second-order valence-electron chi connectivity index (χ2n) is 5.98. The average molecular weight is 364 g/mol. The van der Waals surface area contributed by atoms with Crippen molar-refractivity contribution in [3.8, 4) is 0 Å². The third-order valence-electron chi connectivity index (χ3n) is 4.42. The highest BCUT2D eigenvalue weighted by Crippen LogP contribution is 2.50. The standard InChI is InChI=1S/C13H12F8N2O/c14-4-1-3(2-5(15)7(4)16)23-10-6(11(24)9(18)8(10)17)12(22-23)13(19,20)21/h3-5,7-9,11,24H,1-2H2/t3-,4-,5+,7-,8-,9-,11+/m1/s1. The van der Waals surface area contributed by atoms with E-state index in [1.165, 1.54) is 0 Å². The van der Waals surface area contributed by atoms with Crippen LogP contribution in [-0.2, 0) is 6.18 Å². The Morgan fingerprint density at radius 2 is 1.50 bits per heavy atom. The van der Waals surface area contributed by atoms with Crippen molar-refractivity contribution in [2.45, 2.75) is 62.0 Å². The number of rotatable bonds is 1. The second kappa shape index (κ2) is 5.57. The van der Waals surface area contributed by atoms with Crippen molar-refractivity contribution in [2.75, 3.05) is 0 Å². The van der Waals surface area contributed by atoms with Crippen LogP contribution < -0.4 is 0 Å². The van der Waals surface area contributed by atoms with Gasteiger partial charge in [0.05, 0.1) is 11.7 Å². The van der Waals surface area contributed by atoms with E-state index in [0.29, 0.717) is 4.68 Å². The van der Waals surface area contributed by atoms with Crippen LogP contribution >= 0.6 is 0 Å². The van der Waals surface area contributed by atoms with Gasteiger partial charge < -0.3 is 5.11 Å². The normalized spacial score (nSPS) is 40.0. The first-order chi connectivity index (χ1) is 11.0. The van der Waals surface area contributed by atoms with Crippen molar-refractivity contribution in [1.29, 1.82) is 0 Å². The highest BCUT2D eigenvalue weighted by molar-refractivity contribution is 5.39. The van der Waals surface area contributed by atoms with Crippen LogP contribution in [0.4, 0.5) is 35.1 Å². The molecule has 0 aliphatic heterocycles. The Bertz CT molecular complexity index is 620. The summed E-state index contributed by atoms with van der Waals surface area (Å²) in [5.41, 5.74) is -3.68. The molecule has 11 heteroatoms. The number of aromatic nitrogens is 2. The molecule has 3 nitrogen and oxygen atoms in total. The lowest BCUT2D eigenvalue weighted by atomic mass is 9.90. The van der Waals surface area contributed by atoms with Gasteiger partial charge in [0.15, 0.2) is 24.2 Å². The zero-order valence-electron chi connectivity index (χ0n) is 11.8.